The van der Waals surface area contributed by atoms with E-state index in [1.807, 2.05) is 13.0 Å². The average molecular weight is 417 g/mol. The molecule has 0 spiro atoms. The molecule has 2 atom stereocenters. The second-order valence-electron chi connectivity index (χ2n) is 5.69. The molecule has 138 valence electrons. The zero-order chi connectivity index (χ0) is 19.4. The number of hydrogen-bond donors (Lipinski definition) is 2. The lowest BCUT2D eigenvalue weighted by atomic mass is 10.1. The Kier molecular flexibility index (Phi) is 6.83. The lowest BCUT2D eigenvalue weighted by Gasteiger charge is -2.20. The third kappa shape index (κ3) is 5.08. The highest BCUT2D eigenvalue weighted by Gasteiger charge is 2.19. The molecular formula is C17H16Cl3N3O3. The van der Waals surface area contributed by atoms with Gasteiger partial charge < -0.3 is 5.32 Å². The molecule has 0 fully saturated rings. The Labute approximate surface area is 165 Å². The molecule has 2 aromatic carbocycles. The standard InChI is InChI=1S/C17H16Cl3N3O3/c1-9(11-3-5-13(18)15(20)7-11)21-10(2)17(24)22-16-8-12(23(25)26)4-6-14(16)19/h3-10,21H,1-2H3,(H,22,24)/t9-,10-/m0/s1. The van der Waals surface area contributed by atoms with Crippen molar-refractivity contribution in [2.24, 2.45) is 0 Å². The largest absolute Gasteiger partial charge is 0.323 e. The van der Waals surface area contributed by atoms with Crippen LogP contribution in [0.3, 0.4) is 0 Å². The van der Waals surface area contributed by atoms with Gasteiger partial charge in [-0.3, -0.25) is 20.2 Å². The van der Waals surface area contributed by atoms with Crippen molar-refractivity contribution in [3.63, 3.8) is 0 Å². The van der Waals surface area contributed by atoms with E-state index in [4.69, 9.17) is 34.8 Å². The van der Waals surface area contributed by atoms with Crippen LogP contribution in [-0.2, 0) is 4.79 Å². The van der Waals surface area contributed by atoms with Gasteiger partial charge in [0.05, 0.1) is 31.7 Å². The number of halogens is 3. The third-order valence-corrected chi connectivity index (χ3v) is 4.82. The molecule has 0 aliphatic carbocycles. The first kappa shape index (κ1) is 20.5. The lowest BCUT2D eigenvalue weighted by molar-refractivity contribution is -0.384. The maximum atomic E-state index is 12.4. The van der Waals surface area contributed by atoms with Crippen LogP contribution in [0.25, 0.3) is 0 Å². The molecule has 0 heterocycles. The number of nitro groups is 1. The number of nitro benzene ring substituents is 1. The number of nitrogens with one attached hydrogen (secondary N) is 2. The number of non-ortho nitro benzene ring substituents is 1. The molecular weight excluding hydrogens is 401 g/mol. The van der Waals surface area contributed by atoms with Crippen molar-refractivity contribution < 1.29 is 9.72 Å². The van der Waals surface area contributed by atoms with Gasteiger partial charge in [-0.05, 0) is 37.6 Å². The minimum atomic E-state index is -0.588. The summed E-state index contributed by atoms with van der Waals surface area (Å²) >= 11 is 17.9. The maximum absolute atomic E-state index is 12.4. The number of nitrogens with zero attached hydrogens (tertiary/aromatic N) is 1. The van der Waals surface area contributed by atoms with Crippen LogP contribution in [0.15, 0.2) is 36.4 Å². The third-order valence-electron chi connectivity index (χ3n) is 3.76. The molecule has 26 heavy (non-hydrogen) atoms. The van der Waals surface area contributed by atoms with Crippen LogP contribution in [0.4, 0.5) is 11.4 Å². The van der Waals surface area contributed by atoms with Gasteiger partial charge in [0.25, 0.3) is 5.69 Å². The number of benzene rings is 2. The summed E-state index contributed by atoms with van der Waals surface area (Å²) in [4.78, 5) is 22.7. The van der Waals surface area contributed by atoms with E-state index < -0.39 is 11.0 Å². The fourth-order valence-electron chi connectivity index (χ4n) is 2.29. The molecule has 0 saturated heterocycles. The molecule has 6 nitrogen and oxygen atoms in total. The molecule has 2 N–H and O–H groups in total. The Morgan fingerprint density at radius 1 is 1.04 bits per heavy atom. The molecule has 2 aromatic rings. The minimum absolute atomic E-state index is 0.158. The molecule has 0 aliphatic rings. The summed E-state index contributed by atoms with van der Waals surface area (Å²) < 4.78 is 0. The minimum Gasteiger partial charge on any atom is -0.323 e. The van der Waals surface area contributed by atoms with Crippen molar-refractivity contribution in [3.05, 3.63) is 67.1 Å². The molecule has 0 radical (unpaired) electrons. The zero-order valence-electron chi connectivity index (χ0n) is 13.9. The summed E-state index contributed by atoms with van der Waals surface area (Å²) in [7, 11) is 0. The van der Waals surface area contributed by atoms with Crippen LogP contribution in [-0.4, -0.2) is 16.9 Å². The molecule has 0 unspecified atom stereocenters. The van der Waals surface area contributed by atoms with Crippen molar-refractivity contribution in [2.45, 2.75) is 25.9 Å². The molecule has 2 rings (SSSR count). The summed E-state index contributed by atoms with van der Waals surface area (Å²) in [6.07, 6.45) is 0. The fourth-order valence-corrected chi connectivity index (χ4v) is 2.76. The first-order valence-corrected chi connectivity index (χ1v) is 8.78. The highest BCUT2D eigenvalue weighted by molar-refractivity contribution is 6.42. The predicted molar refractivity (Wildman–Crippen MR) is 104 cm³/mol. The Bertz CT molecular complexity index is 845. The predicted octanol–water partition coefficient (Wildman–Crippen LogP) is 5.23. The van der Waals surface area contributed by atoms with Crippen molar-refractivity contribution in [3.8, 4) is 0 Å². The quantitative estimate of drug-likeness (QED) is 0.498. The second kappa shape index (κ2) is 8.68. The van der Waals surface area contributed by atoms with E-state index >= 15 is 0 Å². The van der Waals surface area contributed by atoms with Gasteiger partial charge in [0, 0.05) is 18.2 Å². The van der Waals surface area contributed by atoms with E-state index in [0.717, 1.165) is 5.56 Å². The van der Waals surface area contributed by atoms with Gasteiger partial charge in [0.15, 0.2) is 0 Å². The van der Waals surface area contributed by atoms with E-state index in [0.29, 0.717) is 10.0 Å². The van der Waals surface area contributed by atoms with E-state index in [9.17, 15) is 14.9 Å². The molecule has 1 amide bonds. The highest BCUT2D eigenvalue weighted by atomic mass is 35.5. The number of anilines is 1. The van der Waals surface area contributed by atoms with E-state index in [2.05, 4.69) is 10.6 Å². The molecule has 9 heteroatoms. The molecule has 0 bridgehead atoms. The first-order valence-electron chi connectivity index (χ1n) is 7.65. The number of rotatable bonds is 6. The Morgan fingerprint density at radius 2 is 1.69 bits per heavy atom. The summed E-state index contributed by atoms with van der Waals surface area (Å²) in [6.45, 7) is 3.55. The molecule has 0 saturated carbocycles. The number of hydrogen-bond acceptors (Lipinski definition) is 4. The van der Waals surface area contributed by atoms with Gasteiger partial charge in [0.1, 0.15) is 0 Å². The number of carbonyl (C=O) groups excluding carboxylic acids is 1. The first-order chi connectivity index (χ1) is 12.2. The summed E-state index contributed by atoms with van der Waals surface area (Å²) in [5.74, 6) is -0.376. The normalized spacial score (nSPS) is 13.1. The van der Waals surface area contributed by atoms with Crippen molar-refractivity contribution in [2.75, 3.05) is 5.32 Å². The highest BCUT2D eigenvalue weighted by Crippen LogP contribution is 2.28. The smallest absolute Gasteiger partial charge is 0.271 e. The monoisotopic (exact) mass is 415 g/mol. The lowest BCUT2D eigenvalue weighted by Crippen LogP contribution is -2.39. The van der Waals surface area contributed by atoms with Crippen molar-refractivity contribution in [1.29, 1.82) is 0 Å². The van der Waals surface area contributed by atoms with E-state index in [1.165, 1.54) is 18.2 Å². The Hall–Kier alpha value is -1.86. The second-order valence-corrected chi connectivity index (χ2v) is 6.92. The van der Waals surface area contributed by atoms with Crippen LogP contribution in [0.2, 0.25) is 15.1 Å². The van der Waals surface area contributed by atoms with Gasteiger partial charge >= 0.3 is 0 Å². The van der Waals surface area contributed by atoms with Gasteiger partial charge in [-0.25, -0.2) is 0 Å². The topological polar surface area (TPSA) is 84.3 Å². The van der Waals surface area contributed by atoms with Gasteiger partial charge in [-0.1, -0.05) is 40.9 Å². The van der Waals surface area contributed by atoms with Crippen molar-refractivity contribution >= 4 is 52.1 Å². The Balaban J connectivity index is 2.06. The van der Waals surface area contributed by atoms with Crippen molar-refractivity contribution in [1.82, 2.24) is 5.32 Å². The van der Waals surface area contributed by atoms with Crippen LogP contribution in [0.5, 0.6) is 0 Å². The summed E-state index contributed by atoms with van der Waals surface area (Å²) in [6, 6.07) is 8.32. The van der Waals surface area contributed by atoms with Crippen LogP contribution < -0.4 is 10.6 Å². The van der Waals surface area contributed by atoms with Gasteiger partial charge in [0.2, 0.25) is 5.91 Å². The number of amides is 1. The fraction of sp³-hybridized carbons (Fsp3) is 0.235. The SMILES string of the molecule is C[C@H](N[C@@H](C)c1ccc(Cl)c(Cl)c1)C(=O)Nc1cc([N+](=O)[O-])ccc1Cl. The van der Waals surface area contributed by atoms with Gasteiger partial charge in [-0.2, -0.15) is 0 Å². The van der Waals surface area contributed by atoms with Crippen LogP contribution in [0.1, 0.15) is 25.5 Å². The number of carbonyl (C=O) groups is 1. The summed E-state index contributed by atoms with van der Waals surface area (Å²) in [5.41, 5.74) is 0.892. The van der Waals surface area contributed by atoms with Crippen LogP contribution >= 0.6 is 34.8 Å². The summed E-state index contributed by atoms with van der Waals surface area (Å²) in [5, 5.41) is 17.7. The maximum Gasteiger partial charge on any atom is 0.271 e. The zero-order valence-corrected chi connectivity index (χ0v) is 16.2. The van der Waals surface area contributed by atoms with E-state index in [1.54, 1.807) is 19.1 Å². The van der Waals surface area contributed by atoms with Gasteiger partial charge in [-0.15, -0.1) is 0 Å². The van der Waals surface area contributed by atoms with Crippen LogP contribution in [0, 0.1) is 10.1 Å². The average Bonchev–Trinajstić information content (AvgIpc) is 2.58. The molecule has 0 aromatic heterocycles. The Morgan fingerprint density at radius 3 is 2.31 bits per heavy atom. The van der Waals surface area contributed by atoms with E-state index in [-0.39, 0.29) is 28.3 Å². The molecule has 0 aliphatic heterocycles.